The van der Waals surface area contributed by atoms with Gasteiger partial charge in [-0.05, 0) is 113 Å². The smallest absolute Gasteiger partial charge is 0.319 e. The number of nitrogens with zero attached hydrogens (tertiary/aromatic N) is 4. The van der Waals surface area contributed by atoms with Crippen LogP contribution >= 0.6 is 0 Å². The van der Waals surface area contributed by atoms with Crippen molar-refractivity contribution in [3.05, 3.63) is 96.1 Å². The molecule has 0 radical (unpaired) electrons. The molecule has 8 N–H and O–H groups in total. The second-order valence-corrected chi connectivity index (χ2v) is 22.6. The van der Waals surface area contributed by atoms with Crippen molar-refractivity contribution >= 4 is 58.9 Å². The van der Waals surface area contributed by atoms with Crippen LogP contribution in [0.2, 0.25) is 0 Å². The van der Waals surface area contributed by atoms with Gasteiger partial charge >= 0.3 is 12.1 Å². The van der Waals surface area contributed by atoms with Crippen molar-refractivity contribution in [1.82, 2.24) is 51.5 Å². The van der Waals surface area contributed by atoms with Crippen LogP contribution in [0.25, 0.3) is 0 Å². The van der Waals surface area contributed by atoms with E-state index in [0.29, 0.717) is 63.2 Å². The number of amides is 10. The number of anilines is 2. The minimum absolute atomic E-state index is 0.197. The second kappa shape index (κ2) is 29.1. The number of nitrogens with one attached hydrogen (secondary N) is 8. The third kappa shape index (κ3) is 18.6. The molecule has 0 aromatic heterocycles. The van der Waals surface area contributed by atoms with Crippen molar-refractivity contribution in [2.75, 3.05) is 77.1 Å². The van der Waals surface area contributed by atoms with E-state index in [1.165, 1.54) is 0 Å². The Labute approximate surface area is 461 Å². The fourth-order valence-corrected chi connectivity index (χ4v) is 9.54. The Balaban J connectivity index is 1.16. The number of carbonyl (C=O) groups is 8. The Bertz CT molecular complexity index is 2310. The van der Waals surface area contributed by atoms with Gasteiger partial charge in [0.05, 0.1) is 25.2 Å². The van der Waals surface area contributed by atoms with Gasteiger partial charge in [0.25, 0.3) is 0 Å². The molecule has 0 unspecified atom stereocenters. The highest BCUT2D eigenvalue weighted by atomic mass is 16.2. The van der Waals surface area contributed by atoms with E-state index in [4.69, 9.17) is 0 Å². The molecule has 0 aliphatic carbocycles. The second-order valence-electron chi connectivity index (χ2n) is 22.6. The van der Waals surface area contributed by atoms with Crippen LogP contribution < -0.4 is 42.5 Å². The lowest BCUT2D eigenvalue weighted by atomic mass is 9.85. The maximum atomic E-state index is 14.2. The predicted molar refractivity (Wildman–Crippen MR) is 303 cm³/mol. The summed E-state index contributed by atoms with van der Waals surface area (Å²) < 4.78 is 0. The van der Waals surface area contributed by atoms with Gasteiger partial charge in [0.1, 0.15) is 12.1 Å². The van der Waals surface area contributed by atoms with Crippen molar-refractivity contribution < 1.29 is 38.4 Å². The molecule has 10 amide bonds. The number of hydrogen-bond donors (Lipinski definition) is 8. The molecule has 20 nitrogen and oxygen atoms in total. The SMILES string of the molecule is CN[C@@H](C)C(=O)N[C@H](C(=O)N1CCC[C@H]1CN(CCc1ccccc1)C(=O)CNC(=O)Nc1ccc(NC(=O)NCC(=O)N(CCc2ccccc2)C[C@@H]2CCCN2C(=O)[C@@H](NC(=O)[C@H](C)NC)C(C)(C)C)cc1)C(C)(C)C. The van der Waals surface area contributed by atoms with E-state index in [1.807, 2.05) is 102 Å². The molecule has 426 valence electrons. The molecule has 3 aromatic carbocycles. The third-order valence-corrected chi connectivity index (χ3v) is 14.6. The minimum atomic E-state index is -0.782. The van der Waals surface area contributed by atoms with Crippen molar-refractivity contribution in [3.8, 4) is 0 Å². The van der Waals surface area contributed by atoms with Gasteiger partial charge in [0, 0.05) is 62.7 Å². The van der Waals surface area contributed by atoms with E-state index in [9.17, 15) is 38.4 Å². The summed E-state index contributed by atoms with van der Waals surface area (Å²) in [5.74, 6) is -1.60. The van der Waals surface area contributed by atoms with Crippen LogP contribution in [0.3, 0.4) is 0 Å². The number of likely N-dealkylation sites (tertiary alicyclic amines) is 2. The standard InChI is InChI=1S/C58H86N12O8/c1-39(59-9)51(73)65-49(57(3,4)5)53(75)69-31-17-23-45(69)37-67(33-29-41-19-13-11-14-20-41)47(71)35-61-55(77)63-43-25-27-44(28-26-43)64-56(78)62-36-48(72)68(34-30-42-21-15-12-16-22-42)38-46-24-18-32-70(46)54(76)50(58(6,7)8)66-52(74)40(2)60-10/h11-16,19-22,25-28,39-40,45-46,49-50,59-60H,17-18,23-24,29-38H2,1-10H3,(H,65,73)(H,66,74)(H2,61,63,77)(H2,62,64,78)/t39-,40-,45-,46-,49+,50+/m0/s1. The molecule has 0 saturated carbocycles. The zero-order valence-corrected chi connectivity index (χ0v) is 47.5. The van der Waals surface area contributed by atoms with Gasteiger partial charge in [-0.15, -0.1) is 0 Å². The van der Waals surface area contributed by atoms with Crippen LogP contribution in [0.1, 0.15) is 92.2 Å². The van der Waals surface area contributed by atoms with Gasteiger partial charge in [0.2, 0.25) is 35.4 Å². The summed E-state index contributed by atoms with van der Waals surface area (Å²) in [6.07, 6.45) is 3.96. The Morgan fingerprint density at radius 3 is 1.21 bits per heavy atom. The van der Waals surface area contributed by atoms with Crippen LogP contribution in [0.4, 0.5) is 21.0 Å². The van der Waals surface area contributed by atoms with Crippen molar-refractivity contribution in [2.24, 2.45) is 10.8 Å². The molecule has 2 heterocycles. The molecule has 5 rings (SSSR count). The van der Waals surface area contributed by atoms with Crippen molar-refractivity contribution in [3.63, 3.8) is 0 Å². The molecular weight excluding hydrogens is 993 g/mol. The lowest BCUT2D eigenvalue weighted by Gasteiger charge is -2.37. The number of likely N-dealkylation sites (N-methyl/N-ethyl adjacent to an activating group) is 2. The fourth-order valence-electron chi connectivity index (χ4n) is 9.54. The maximum Gasteiger partial charge on any atom is 0.319 e. The normalized spacial score (nSPS) is 16.9. The van der Waals surface area contributed by atoms with E-state index >= 15 is 0 Å². The molecular formula is C58H86N12O8. The third-order valence-electron chi connectivity index (χ3n) is 14.6. The van der Waals surface area contributed by atoms with Gasteiger partial charge in [0.15, 0.2) is 0 Å². The molecule has 6 atom stereocenters. The number of urea groups is 2. The molecule has 20 heteroatoms. The molecule has 0 bridgehead atoms. The Morgan fingerprint density at radius 2 is 0.885 bits per heavy atom. The minimum Gasteiger partial charge on any atom is -0.342 e. The zero-order chi connectivity index (χ0) is 57.2. The van der Waals surface area contributed by atoms with E-state index in [1.54, 1.807) is 71.8 Å². The Morgan fingerprint density at radius 1 is 0.538 bits per heavy atom. The number of rotatable bonds is 24. The lowest BCUT2D eigenvalue weighted by molar-refractivity contribution is -0.142. The Kier molecular flexibility index (Phi) is 23.0. The first-order valence-electron chi connectivity index (χ1n) is 27.4. The van der Waals surface area contributed by atoms with Crippen LogP contribution in [0.5, 0.6) is 0 Å². The van der Waals surface area contributed by atoms with Crippen LogP contribution in [-0.4, -0.2) is 170 Å². The summed E-state index contributed by atoms with van der Waals surface area (Å²) in [4.78, 5) is 115. The first-order valence-corrected chi connectivity index (χ1v) is 27.4. The van der Waals surface area contributed by atoms with E-state index in [0.717, 1.165) is 24.0 Å². The molecule has 2 saturated heterocycles. The molecule has 0 spiro atoms. The number of benzene rings is 3. The summed E-state index contributed by atoms with van der Waals surface area (Å²) in [7, 11) is 3.37. The predicted octanol–water partition coefficient (Wildman–Crippen LogP) is 4.33. The lowest BCUT2D eigenvalue weighted by Crippen LogP contribution is -2.59. The molecule has 2 aliphatic heterocycles. The largest absolute Gasteiger partial charge is 0.342 e. The van der Waals surface area contributed by atoms with Crippen LogP contribution in [0.15, 0.2) is 84.9 Å². The first-order chi connectivity index (χ1) is 37.0. The Hall–Kier alpha value is -7.06. The van der Waals surface area contributed by atoms with Crippen LogP contribution in [-0.2, 0) is 41.6 Å². The van der Waals surface area contributed by atoms with E-state index in [2.05, 4.69) is 42.5 Å². The van der Waals surface area contributed by atoms with Gasteiger partial charge in [-0.2, -0.15) is 0 Å². The van der Waals surface area contributed by atoms with Gasteiger partial charge < -0.3 is 62.1 Å². The van der Waals surface area contributed by atoms with E-state index < -0.39 is 47.1 Å². The summed E-state index contributed by atoms with van der Waals surface area (Å²) in [6, 6.07) is 21.5. The average molecular weight is 1080 g/mol. The van der Waals surface area contributed by atoms with Crippen molar-refractivity contribution in [2.45, 2.75) is 130 Å². The van der Waals surface area contributed by atoms with Gasteiger partial charge in [-0.3, -0.25) is 28.8 Å². The molecule has 2 fully saturated rings. The first kappa shape index (κ1) is 61.8. The van der Waals surface area contributed by atoms with Gasteiger partial charge in [-0.1, -0.05) is 102 Å². The number of hydrogen-bond acceptors (Lipinski definition) is 10. The number of carbonyl (C=O) groups excluding carboxylic acids is 8. The molecule has 3 aromatic rings. The van der Waals surface area contributed by atoms with E-state index in [-0.39, 0.29) is 73.7 Å². The quantitative estimate of drug-likeness (QED) is 0.0631. The highest BCUT2D eigenvalue weighted by Gasteiger charge is 2.42. The summed E-state index contributed by atoms with van der Waals surface area (Å²) in [5.41, 5.74) is 1.70. The zero-order valence-electron chi connectivity index (χ0n) is 47.5. The molecule has 2 aliphatic rings. The van der Waals surface area contributed by atoms with Crippen LogP contribution in [0, 0.1) is 10.8 Å². The highest BCUT2D eigenvalue weighted by Crippen LogP contribution is 2.28. The monoisotopic (exact) mass is 1080 g/mol. The topological polar surface area (TPSA) is 246 Å². The van der Waals surface area contributed by atoms with Crippen molar-refractivity contribution in [1.29, 1.82) is 0 Å². The summed E-state index contributed by atoms with van der Waals surface area (Å²) in [6.45, 7) is 16.5. The molecule has 78 heavy (non-hydrogen) atoms. The highest BCUT2D eigenvalue weighted by molar-refractivity contribution is 5.95. The average Bonchev–Trinajstić information content (AvgIpc) is 4.10. The van der Waals surface area contributed by atoms with Gasteiger partial charge in [-0.25, -0.2) is 9.59 Å². The summed E-state index contributed by atoms with van der Waals surface area (Å²) >= 11 is 0. The fraction of sp³-hybridized carbons (Fsp3) is 0.552. The summed E-state index contributed by atoms with van der Waals surface area (Å²) in [5, 5.41) is 22.6. The maximum absolute atomic E-state index is 14.2.